The van der Waals surface area contributed by atoms with Crippen molar-refractivity contribution < 1.29 is 23.7 Å². The Balaban J connectivity index is 3.32. The number of halogens is 2. The highest BCUT2D eigenvalue weighted by atomic mass is 35.5. The Morgan fingerprint density at radius 2 is 1.50 bits per heavy atom. The summed E-state index contributed by atoms with van der Waals surface area (Å²) in [4.78, 5) is -0.449. The maximum atomic E-state index is 12.2. The van der Waals surface area contributed by atoms with E-state index in [4.69, 9.17) is 44.3 Å². The van der Waals surface area contributed by atoms with Crippen LogP contribution < -0.4 is 10.5 Å². The molecule has 1 aromatic rings. The second-order valence-corrected chi connectivity index (χ2v) is 6.61. The van der Waals surface area contributed by atoms with Crippen LogP contribution in [0.25, 0.3) is 0 Å². The van der Waals surface area contributed by atoms with Crippen molar-refractivity contribution in [1.82, 2.24) is 4.72 Å². The smallest absolute Gasteiger partial charge is 0.244 e. The lowest BCUT2D eigenvalue weighted by Crippen LogP contribution is -2.56. The summed E-state index contributed by atoms with van der Waals surface area (Å²) >= 11 is 11.6. The van der Waals surface area contributed by atoms with Gasteiger partial charge in [-0.15, -0.1) is 0 Å². The predicted molar refractivity (Wildman–Crippen MR) is 75.2 cm³/mol. The molecule has 0 atom stereocenters. The summed E-state index contributed by atoms with van der Waals surface area (Å²) in [5, 5.41) is 27.0. The zero-order valence-corrected chi connectivity index (χ0v) is 12.5. The molecule has 0 saturated carbocycles. The molecule has 7 nitrogen and oxygen atoms in total. The van der Waals surface area contributed by atoms with E-state index in [0.29, 0.717) is 0 Å². The molecule has 0 heterocycles. The zero-order valence-electron chi connectivity index (χ0n) is 10.2. The van der Waals surface area contributed by atoms with E-state index in [0.717, 1.165) is 0 Å². The molecule has 0 amide bonds. The standard InChI is InChI=1S/C10H14Cl2N2O5S/c11-7-1-6(13)2-8(12)9(7)20(18,19)14-10(3-15,4-16)5-17/h1-2,14-17H,3-5,13H2. The molecule has 0 aromatic heterocycles. The van der Waals surface area contributed by atoms with Gasteiger partial charge in [0.1, 0.15) is 10.4 Å². The van der Waals surface area contributed by atoms with E-state index in [9.17, 15) is 8.42 Å². The minimum atomic E-state index is -4.28. The molecule has 0 bridgehead atoms. The summed E-state index contributed by atoms with van der Waals surface area (Å²) in [6, 6.07) is 2.39. The molecule has 1 aromatic carbocycles. The molecule has 0 radical (unpaired) electrons. The highest BCUT2D eigenvalue weighted by Crippen LogP contribution is 2.32. The molecule has 6 N–H and O–H groups in total. The van der Waals surface area contributed by atoms with Gasteiger partial charge in [0, 0.05) is 5.69 Å². The monoisotopic (exact) mass is 344 g/mol. The topological polar surface area (TPSA) is 133 Å². The number of hydrogen-bond donors (Lipinski definition) is 5. The Kier molecular flexibility index (Phi) is 5.61. The minimum Gasteiger partial charge on any atom is -0.399 e. The number of benzene rings is 1. The Labute approximate surface area is 126 Å². The number of nitrogens with one attached hydrogen (secondary N) is 1. The molecule has 0 aliphatic carbocycles. The van der Waals surface area contributed by atoms with Crippen molar-refractivity contribution >= 4 is 38.9 Å². The number of anilines is 1. The van der Waals surface area contributed by atoms with Gasteiger partial charge in [-0.05, 0) is 12.1 Å². The van der Waals surface area contributed by atoms with Gasteiger partial charge in [-0.25, -0.2) is 8.42 Å². The lowest BCUT2D eigenvalue weighted by Gasteiger charge is -2.28. The van der Waals surface area contributed by atoms with Gasteiger partial charge in [-0.1, -0.05) is 23.2 Å². The van der Waals surface area contributed by atoms with Gasteiger partial charge >= 0.3 is 0 Å². The van der Waals surface area contributed by atoms with Crippen LogP contribution in [0, 0.1) is 0 Å². The van der Waals surface area contributed by atoms with Crippen molar-refractivity contribution in [1.29, 1.82) is 0 Å². The fraction of sp³-hybridized carbons (Fsp3) is 0.400. The maximum Gasteiger partial charge on any atom is 0.244 e. The lowest BCUT2D eigenvalue weighted by molar-refractivity contribution is 0.0582. The summed E-state index contributed by atoms with van der Waals surface area (Å²) < 4.78 is 26.4. The fourth-order valence-electron chi connectivity index (χ4n) is 1.42. The highest BCUT2D eigenvalue weighted by molar-refractivity contribution is 7.89. The molecule has 0 aliphatic rings. The number of nitrogens with two attached hydrogens (primary N) is 1. The van der Waals surface area contributed by atoms with Crippen LogP contribution in [0.4, 0.5) is 5.69 Å². The van der Waals surface area contributed by atoms with Crippen LogP contribution in [0.2, 0.25) is 10.0 Å². The summed E-state index contributed by atoms with van der Waals surface area (Å²) in [7, 11) is -4.28. The molecule has 0 spiro atoms. The van der Waals surface area contributed by atoms with Crippen molar-refractivity contribution in [3.63, 3.8) is 0 Å². The van der Waals surface area contributed by atoms with Crippen molar-refractivity contribution in [2.75, 3.05) is 25.6 Å². The van der Waals surface area contributed by atoms with E-state index in [2.05, 4.69) is 0 Å². The first-order valence-corrected chi connectivity index (χ1v) is 7.56. The molecule has 0 aliphatic heterocycles. The van der Waals surface area contributed by atoms with Gasteiger partial charge in [-0.2, -0.15) is 4.72 Å². The molecule has 0 fully saturated rings. The number of hydrogen-bond acceptors (Lipinski definition) is 6. The van der Waals surface area contributed by atoms with Crippen LogP contribution in [0.5, 0.6) is 0 Å². The predicted octanol–water partition coefficient (Wildman–Crippen LogP) is -0.430. The van der Waals surface area contributed by atoms with Crippen molar-refractivity contribution in [2.24, 2.45) is 0 Å². The van der Waals surface area contributed by atoms with Crippen molar-refractivity contribution in [2.45, 2.75) is 10.4 Å². The van der Waals surface area contributed by atoms with E-state index in [-0.39, 0.29) is 15.7 Å². The molecule has 114 valence electrons. The Bertz CT molecular complexity index is 558. The first kappa shape index (κ1) is 17.4. The Morgan fingerprint density at radius 3 is 1.85 bits per heavy atom. The van der Waals surface area contributed by atoms with Gasteiger partial charge < -0.3 is 21.1 Å². The maximum absolute atomic E-state index is 12.2. The summed E-state index contributed by atoms with van der Waals surface area (Å²) in [5.41, 5.74) is 3.82. The van der Waals surface area contributed by atoms with Gasteiger partial charge in [0.15, 0.2) is 0 Å². The quantitative estimate of drug-likeness (QED) is 0.445. The Morgan fingerprint density at radius 1 is 1.10 bits per heavy atom. The second-order valence-electron chi connectivity index (χ2n) is 4.17. The average Bonchev–Trinajstić information content (AvgIpc) is 2.34. The van der Waals surface area contributed by atoms with E-state index >= 15 is 0 Å². The first-order chi connectivity index (χ1) is 9.21. The Hall–Kier alpha value is -0.610. The third-order valence-corrected chi connectivity index (χ3v) is 5.05. The number of aliphatic hydroxyl groups excluding tert-OH is 3. The molecule has 1 rings (SSSR count). The van der Waals surface area contributed by atoms with E-state index in [1.54, 1.807) is 0 Å². The average molecular weight is 345 g/mol. The number of nitrogen functional groups attached to an aromatic ring is 1. The highest BCUT2D eigenvalue weighted by Gasteiger charge is 2.35. The van der Waals surface area contributed by atoms with Gasteiger partial charge in [0.25, 0.3) is 0 Å². The third-order valence-electron chi connectivity index (χ3n) is 2.55. The zero-order chi connectivity index (χ0) is 15.6. The van der Waals surface area contributed by atoms with E-state index in [1.165, 1.54) is 12.1 Å². The van der Waals surface area contributed by atoms with Gasteiger partial charge in [0.2, 0.25) is 10.0 Å². The normalized spacial score (nSPS) is 12.7. The molecule has 0 unspecified atom stereocenters. The summed E-state index contributed by atoms with van der Waals surface area (Å²) in [6.45, 7) is -2.45. The number of rotatable bonds is 6. The van der Waals surface area contributed by atoms with Gasteiger partial charge in [-0.3, -0.25) is 0 Å². The molecule has 10 heteroatoms. The molecule has 20 heavy (non-hydrogen) atoms. The van der Waals surface area contributed by atoms with Crippen LogP contribution in [0.15, 0.2) is 17.0 Å². The van der Waals surface area contributed by atoms with E-state index < -0.39 is 40.3 Å². The molecular weight excluding hydrogens is 331 g/mol. The largest absolute Gasteiger partial charge is 0.399 e. The molecular formula is C10H14Cl2N2O5S. The van der Waals surface area contributed by atoms with E-state index in [1.807, 2.05) is 4.72 Å². The first-order valence-electron chi connectivity index (χ1n) is 5.32. The lowest BCUT2D eigenvalue weighted by atomic mass is 10.1. The second kappa shape index (κ2) is 6.44. The summed E-state index contributed by atoms with van der Waals surface area (Å²) in [6.07, 6.45) is 0. The van der Waals surface area contributed by atoms with Crippen LogP contribution in [-0.2, 0) is 10.0 Å². The minimum absolute atomic E-state index is 0.177. The SMILES string of the molecule is Nc1cc(Cl)c(S(=O)(=O)NC(CO)(CO)CO)c(Cl)c1. The fourth-order valence-corrected chi connectivity index (χ4v) is 4.03. The summed E-state index contributed by atoms with van der Waals surface area (Å²) in [5.74, 6) is 0. The van der Waals surface area contributed by atoms with Gasteiger partial charge in [0.05, 0.1) is 29.9 Å². The van der Waals surface area contributed by atoms with Crippen LogP contribution in [0.3, 0.4) is 0 Å². The van der Waals surface area contributed by atoms with Crippen LogP contribution >= 0.6 is 23.2 Å². The van der Waals surface area contributed by atoms with Crippen LogP contribution in [0.1, 0.15) is 0 Å². The van der Waals surface area contributed by atoms with Crippen molar-refractivity contribution in [3.8, 4) is 0 Å². The van der Waals surface area contributed by atoms with Crippen molar-refractivity contribution in [3.05, 3.63) is 22.2 Å². The molecule has 0 saturated heterocycles. The van der Waals surface area contributed by atoms with Crippen LogP contribution in [-0.4, -0.2) is 49.1 Å². The third kappa shape index (κ3) is 3.53. The number of sulfonamides is 1. The number of aliphatic hydroxyl groups is 3.